The molecule has 15 heavy (non-hydrogen) atoms. The van der Waals surface area contributed by atoms with Gasteiger partial charge in [-0.15, -0.1) is 0 Å². The van der Waals surface area contributed by atoms with Crippen molar-refractivity contribution in [2.24, 2.45) is 5.92 Å². The second-order valence-electron chi connectivity index (χ2n) is 4.48. The van der Waals surface area contributed by atoms with Gasteiger partial charge in [-0.2, -0.15) is 13.2 Å². The number of alkyl halides is 3. The van der Waals surface area contributed by atoms with Gasteiger partial charge < -0.3 is 10.0 Å². The predicted octanol–water partition coefficient (Wildman–Crippen LogP) is 1.17. The van der Waals surface area contributed by atoms with Crippen LogP contribution in [0, 0.1) is 5.92 Å². The van der Waals surface area contributed by atoms with Crippen LogP contribution in [0.1, 0.15) is 20.3 Å². The maximum atomic E-state index is 12.0. The Bertz CT molecular complexity index is 257. The molecule has 0 unspecified atom stereocenters. The monoisotopic (exact) mass is 225 g/mol. The minimum absolute atomic E-state index is 0.193. The Balaban J connectivity index is 2.47. The molecule has 1 aliphatic rings. The molecule has 0 aromatic heterocycles. The summed E-state index contributed by atoms with van der Waals surface area (Å²) < 4.78 is 35.9. The van der Waals surface area contributed by atoms with Crippen molar-refractivity contribution in [3.63, 3.8) is 0 Å². The molecular formula is C9H14F3NO2. The summed E-state index contributed by atoms with van der Waals surface area (Å²) >= 11 is 0. The second kappa shape index (κ2) is 3.66. The Labute approximate surface area is 85.9 Å². The third-order valence-electron chi connectivity index (χ3n) is 2.29. The molecule has 0 aromatic rings. The Morgan fingerprint density at radius 3 is 2.27 bits per heavy atom. The minimum atomic E-state index is -4.83. The van der Waals surface area contributed by atoms with Crippen molar-refractivity contribution in [3.8, 4) is 0 Å². The molecule has 0 radical (unpaired) electrons. The van der Waals surface area contributed by atoms with E-state index < -0.39 is 17.7 Å². The van der Waals surface area contributed by atoms with E-state index in [4.69, 9.17) is 0 Å². The van der Waals surface area contributed by atoms with E-state index in [9.17, 15) is 23.1 Å². The van der Waals surface area contributed by atoms with Crippen LogP contribution >= 0.6 is 0 Å². The van der Waals surface area contributed by atoms with Crippen LogP contribution in [0.5, 0.6) is 0 Å². The topological polar surface area (TPSA) is 40.5 Å². The van der Waals surface area contributed by atoms with Crippen LogP contribution in [0.15, 0.2) is 0 Å². The fraction of sp³-hybridized carbons (Fsp3) is 0.889. The number of likely N-dealkylation sites (tertiary alicyclic amines) is 1. The lowest BCUT2D eigenvalue weighted by atomic mass is 9.85. The highest BCUT2D eigenvalue weighted by atomic mass is 19.4. The maximum absolute atomic E-state index is 12.0. The molecule has 1 heterocycles. The van der Waals surface area contributed by atoms with Gasteiger partial charge in [-0.3, -0.25) is 4.79 Å². The van der Waals surface area contributed by atoms with Gasteiger partial charge in [-0.05, 0) is 12.3 Å². The highest BCUT2D eigenvalue weighted by molar-refractivity contribution is 5.82. The van der Waals surface area contributed by atoms with E-state index >= 15 is 0 Å². The smallest absolute Gasteiger partial charge is 0.386 e. The molecule has 0 atom stereocenters. The lowest BCUT2D eigenvalue weighted by Gasteiger charge is -2.47. The molecule has 88 valence electrons. The Morgan fingerprint density at radius 1 is 1.47 bits per heavy atom. The Hall–Kier alpha value is -0.780. The number of rotatable bonds is 2. The fourth-order valence-corrected chi connectivity index (χ4v) is 1.88. The van der Waals surface area contributed by atoms with Gasteiger partial charge in [-0.1, -0.05) is 13.8 Å². The minimum Gasteiger partial charge on any atom is -0.386 e. The molecule has 1 fully saturated rings. The van der Waals surface area contributed by atoms with E-state index in [1.165, 1.54) is 0 Å². The van der Waals surface area contributed by atoms with Crippen molar-refractivity contribution in [2.75, 3.05) is 13.1 Å². The number of β-amino-alcohol motifs (C(OH)–C–C–N with tert-alkyl or cyclic N) is 1. The van der Waals surface area contributed by atoms with Crippen LogP contribution in [0.3, 0.4) is 0 Å². The molecule has 0 aromatic carbocycles. The van der Waals surface area contributed by atoms with Crippen LogP contribution in [0.4, 0.5) is 13.2 Å². The predicted molar refractivity (Wildman–Crippen MR) is 47.0 cm³/mol. The normalized spacial score (nSPS) is 20.3. The van der Waals surface area contributed by atoms with Gasteiger partial charge >= 0.3 is 12.1 Å². The SMILES string of the molecule is CC(C)CC1(O)CN(C(=O)C(F)(F)F)C1. The van der Waals surface area contributed by atoms with E-state index in [-0.39, 0.29) is 19.0 Å². The van der Waals surface area contributed by atoms with Gasteiger partial charge in [0.2, 0.25) is 0 Å². The van der Waals surface area contributed by atoms with Gasteiger partial charge in [0.05, 0.1) is 18.7 Å². The molecule has 0 saturated carbocycles. The fourth-order valence-electron chi connectivity index (χ4n) is 1.88. The first-order chi connectivity index (χ1) is 6.64. The van der Waals surface area contributed by atoms with Crippen LogP contribution in [-0.4, -0.2) is 40.8 Å². The van der Waals surface area contributed by atoms with Crippen molar-refractivity contribution in [1.29, 1.82) is 0 Å². The third kappa shape index (κ3) is 2.84. The summed E-state index contributed by atoms with van der Waals surface area (Å²) in [5.74, 6) is -1.67. The van der Waals surface area contributed by atoms with E-state index in [0.29, 0.717) is 11.3 Å². The lowest BCUT2D eigenvalue weighted by molar-refractivity contribution is -0.204. The number of hydrogen-bond donors (Lipinski definition) is 1. The average molecular weight is 225 g/mol. The lowest BCUT2D eigenvalue weighted by Crippen LogP contribution is -2.65. The molecule has 1 saturated heterocycles. The molecule has 0 bridgehead atoms. The van der Waals surface area contributed by atoms with Crippen LogP contribution in [-0.2, 0) is 4.79 Å². The summed E-state index contributed by atoms with van der Waals surface area (Å²) in [7, 11) is 0. The van der Waals surface area contributed by atoms with Crippen molar-refractivity contribution in [3.05, 3.63) is 0 Å². The van der Waals surface area contributed by atoms with E-state index in [0.717, 1.165) is 0 Å². The van der Waals surface area contributed by atoms with Crippen LogP contribution in [0.2, 0.25) is 0 Å². The number of hydrogen-bond acceptors (Lipinski definition) is 2. The second-order valence-corrected chi connectivity index (χ2v) is 4.48. The summed E-state index contributed by atoms with van der Waals surface area (Å²) in [4.78, 5) is 11.3. The molecule has 0 aliphatic carbocycles. The molecule has 1 amide bonds. The number of carbonyl (C=O) groups is 1. The van der Waals surface area contributed by atoms with E-state index in [1.54, 1.807) is 0 Å². The highest BCUT2D eigenvalue weighted by Crippen LogP contribution is 2.31. The summed E-state index contributed by atoms with van der Waals surface area (Å²) in [6, 6.07) is 0. The number of nitrogens with zero attached hydrogens (tertiary/aromatic N) is 1. The zero-order valence-electron chi connectivity index (χ0n) is 8.64. The molecule has 1 aliphatic heterocycles. The van der Waals surface area contributed by atoms with Gasteiger partial charge in [0, 0.05) is 0 Å². The number of aliphatic hydroxyl groups is 1. The van der Waals surface area contributed by atoms with Crippen molar-refractivity contribution in [1.82, 2.24) is 4.90 Å². The summed E-state index contributed by atoms with van der Waals surface area (Å²) in [5, 5.41) is 9.70. The average Bonchev–Trinajstić information content (AvgIpc) is 1.95. The van der Waals surface area contributed by atoms with Gasteiger partial charge in [0.15, 0.2) is 0 Å². The number of halogens is 3. The molecular weight excluding hydrogens is 211 g/mol. The van der Waals surface area contributed by atoms with E-state index in [1.807, 2.05) is 13.8 Å². The van der Waals surface area contributed by atoms with Gasteiger partial charge in [-0.25, -0.2) is 0 Å². The van der Waals surface area contributed by atoms with Gasteiger partial charge in [0.25, 0.3) is 0 Å². The Kier molecular flexibility index (Phi) is 3.00. The first-order valence-corrected chi connectivity index (χ1v) is 4.72. The zero-order chi connectivity index (χ0) is 11.9. The largest absolute Gasteiger partial charge is 0.471 e. The summed E-state index contributed by atoms with van der Waals surface area (Å²) in [5.41, 5.74) is -1.13. The number of amides is 1. The maximum Gasteiger partial charge on any atom is 0.471 e. The molecule has 3 nitrogen and oxygen atoms in total. The van der Waals surface area contributed by atoms with Crippen molar-refractivity contribution in [2.45, 2.75) is 32.0 Å². The van der Waals surface area contributed by atoms with Crippen LogP contribution < -0.4 is 0 Å². The van der Waals surface area contributed by atoms with Crippen LogP contribution in [0.25, 0.3) is 0 Å². The Morgan fingerprint density at radius 2 is 1.93 bits per heavy atom. The molecule has 1 N–H and O–H groups in total. The first kappa shape index (κ1) is 12.3. The number of carbonyl (C=O) groups excluding carboxylic acids is 1. The van der Waals surface area contributed by atoms with E-state index in [2.05, 4.69) is 0 Å². The van der Waals surface area contributed by atoms with Crippen molar-refractivity contribution < 1.29 is 23.1 Å². The quantitative estimate of drug-likeness (QED) is 0.766. The highest BCUT2D eigenvalue weighted by Gasteiger charge is 2.51. The van der Waals surface area contributed by atoms with Gasteiger partial charge in [0.1, 0.15) is 0 Å². The van der Waals surface area contributed by atoms with Crippen molar-refractivity contribution >= 4 is 5.91 Å². The summed E-state index contributed by atoms with van der Waals surface area (Å²) in [6.45, 7) is 3.30. The molecule has 1 rings (SSSR count). The third-order valence-corrected chi connectivity index (χ3v) is 2.29. The first-order valence-electron chi connectivity index (χ1n) is 4.72. The standard InChI is InChI=1S/C9H14F3NO2/c1-6(2)3-8(15)4-13(5-8)7(14)9(10,11)12/h6,15H,3-5H2,1-2H3. The summed E-state index contributed by atoms with van der Waals surface area (Å²) in [6.07, 6.45) is -4.42. The molecule has 6 heteroatoms. The zero-order valence-corrected chi connectivity index (χ0v) is 8.64. The molecule has 0 spiro atoms.